The number of thioether (sulfide) groups is 1. The lowest BCUT2D eigenvalue weighted by Crippen LogP contribution is -2.03. The fraction of sp³-hybridized carbons (Fsp3) is 0.143. The maximum Gasteiger partial charge on any atom is 0.196 e. The Balaban J connectivity index is 1.67. The number of Topliss-reactive ketones (excluding diaryl/α,β-unsaturated/α-hetero) is 1. The molecule has 3 aromatic heterocycles. The minimum absolute atomic E-state index is 0.0860. The second-order valence-corrected chi connectivity index (χ2v) is 8.43. The average molecular weight is 423 g/mol. The molecule has 0 aliphatic heterocycles. The van der Waals surface area contributed by atoms with Crippen LogP contribution in [0, 0.1) is 6.92 Å². The van der Waals surface area contributed by atoms with Gasteiger partial charge in [-0.2, -0.15) is 0 Å². The number of carbonyl (C=O) groups excluding carboxylic acids is 1. The van der Waals surface area contributed by atoms with Crippen LogP contribution in [0.25, 0.3) is 17.1 Å². The second kappa shape index (κ2) is 8.59. The van der Waals surface area contributed by atoms with Crippen LogP contribution in [0.15, 0.2) is 66.1 Å². The summed E-state index contributed by atoms with van der Waals surface area (Å²) in [5.74, 6) is 1.84. The molecule has 0 radical (unpaired) electrons. The van der Waals surface area contributed by atoms with Gasteiger partial charge in [-0.25, -0.2) is 0 Å². The quantitative estimate of drug-likeness (QED) is 0.318. The molecule has 29 heavy (non-hydrogen) atoms. The molecule has 0 amide bonds. The molecule has 0 spiro atoms. The van der Waals surface area contributed by atoms with Gasteiger partial charge in [0, 0.05) is 28.5 Å². The first-order chi connectivity index (χ1) is 14.2. The first-order valence-electron chi connectivity index (χ1n) is 8.88. The fourth-order valence-corrected chi connectivity index (χ4v) is 4.53. The van der Waals surface area contributed by atoms with Crippen molar-refractivity contribution in [2.24, 2.45) is 0 Å². The molecule has 0 fully saturated rings. The molecule has 0 aliphatic rings. The lowest BCUT2D eigenvalue weighted by molar-refractivity contribution is 0.102. The summed E-state index contributed by atoms with van der Waals surface area (Å²) in [6.45, 7) is 2.00. The number of aromatic nitrogens is 4. The van der Waals surface area contributed by atoms with Crippen molar-refractivity contribution in [2.75, 3.05) is 12.9 Å². The van der Waals surface area contributed by atoms with Crippen LogP contribution in [0.1, 0.15) is 14.5 Å². The number of aryl methyl sites for hydroxylation is 1. The van der Waals surface area contributed by atoms with Gasteiger partial charge < -0.3 is 4.74 Å². The second-order valence-electron chi connectivity index (χ2n) is 6.20. The van der Waals surface area contributed by atoms with Gasteiger partial charge in [0.1, 0.15) is 5.75 Å². The van der Waals surface area contributed by atoms with Crippen LogP contribution in [-0.4, -0.2) is 38.4 Å². The summed E-state index contributed by atoms with van der Waals surface area (Å²) in [6, 6.07) is 15.3. The normalized spacial score (nSPS) is 10.8. The molecule has 1 aromatic carbocycles. The summed E-state index contributed by atoms with van der Waals surface area (Å²) in [6.07, 6.45) is 3.44. The number of thiophene rings is 1. The van der Waals surface area contributed by atoms with E-state index in [-0.39, 0.29) is 5.78 Å². The zero-order valence-corrected chi connectivity index (χ0v) is 17.5. The van der Waals surface area contributed by atoms with Gasteiger partial charge in [0.15, 0.2) is 16.8 Å². The molecule has 0 bridgehead atoms. The summed E-state index contributed by atoms with van der Waals surface area (Å²) in [4.78, 5) is 18.5. The third-order valence-corrected chi connectivity index (χ3v) is 6.22. The predicted molar refractivity (Wildman–Crippen MR) is 115 cm³/mol. The van der Waals surface area contributed by atoms with Crippen LogP contribution in [0.4, 0.5) is 0 Å². The Morgan fingerprint density at radius 3 is 2.48 bits per heavy atom. The zero-order valence-electron chi connectivity index (χ0n) is 15.9. The van der Waals surface area contributed by atoms with E-state index in [1.54, 1.807) is 19.5 Å². The molecular formula is C21H18N4O2S2. The number of hydrogen-bond donors (Lipinski definition) is 0. The summed E-state index contributed by atoms with van der Waals surface area (Å²) in [7, 11) is 1.63. The molecule has 0 atom stereocenters. The third kappa shape index (κ3) is 4.23. The Morgan fingerprint density at radius 2 is 1.83 bits per heavy atom. The van der Waals surface area contributed by atoms with Crippen LogP contribution in [-0.2, 0) is 0 Å². The van der Waals surface area contributed by atoms with Crippen molar-refractivity contribution in [3.63, 3.8) is 0 Å². The molecule has 3 heterocycles. The molecule has 0 unspecified atom stereocenters. The number of nitrogens with zero attached hydrogens (tertiary/aromatic N) is 4. The smallest absolute Gasteiger partial charge is 0.196 e. The lowest BCUT2D eigenvalue weighted by atomic mass is 10.2. The predicted octanol–water partition coefficient (Wildman–Crippen LogP) is 4.68. The van der Waals surface area contributed by atoms with Crippen LogP contribution >= 0.6 is 23.1 Å². The van der Waals surface area contributed by atoms with Crippen molar-refractivity contribution in [3.05, 3.63) is 70.7 Å². The molecule has 4 rings (SSSR count). The van der Waals surface area contributed by atoms with Crippen LogP contribution in [0.3, 0.4) is 0 Å². The minimum atomic E-state index is 0.0860. The van der Waals surface area contributed by atoms with Crippen molar-refractivity contribution in [1.82, 2.24) is 19.7 Å². The first kappa shape index (κ1) is 19.4. The van der Waals surface area contributed by atoms with Crippen molar-refractivity contribution in [2.45, 2.75) is 12.1 Å². The number of carbonyl (C=O) groups is 1. The molecule has 0 N–H and O–H groups in total. The molecule has 6 nitrogen and oxygen atoms in total. The van der Waals surface area contributed by atoms with Crippen LogP contribution in [0.2, 0.25) is 0 Å². The summed E-state index contributed by atoms with van der Waals surface area (Å²) in [5.41, 5.74) is 1.79. The largest absolute Gasteiger partial charge is 0.497 e. The lowest BCUT2D eigenvalue weighted by Gasteiger charge is -2.11. The summed E-state index contributed by atoms with van der Waals surface area (Å²) in [5, 5.41) is 9.40. The molecule has 4 aromatic rings. The van der Waals surface area contributed by atoms with E-state index in [2.05, 4.69) is 15.2 Å². The van der Waals surface area contributed by atoms with Gasteiger partial charge in [-0.3, -0.25) is 14.3 Å². The highest BCUT2D eigenvalue weighted by molar-refractivity contribution is 7.99. The zero-order chi connectivity index (χ0) is 20.2. The standard InChI is InChI=1S/C21H18N4O2S2/c1-14-3-8-19(29-14)18(26)13-28-21-24-23-20(15-9-11-22-12-10-15)25(21)16-4-6-17(27-2)7-5-16/h3-12H,13H2,1-2H3. The minimum Gasteiger partial charge on any atom is -0.497 e. The van der Waals surface area contributed by atoms with E-state index in [0.717, 1.165) is 26.8 Å². The summed E-state index contributed by atoms with van der Waals surface area (Å²) >= 11 is 2.89. The highest BCUT2D eigenvalue weighted by Crippen LogP contribution is 2.29. The number of hydrogen-bond acceptors (Lipinski definition) is 7. The molecule has 8 heteroatoms. The van der Waals surface area contributed by atoms with E-state index >= 15 is 0 Å². The van der Waals surface area contributed by atoms with E-state index in [0.29, 0.717) is 16.7 Å². The number of ether oxygens (including phenoxy) is 1. The first-order valence-corrected chi connectivity index (χ1v) is 10.7. The van der Waals surface area contributed by atoms with Gasteiger partial charge in [0.25, 0.3) is 0 Å². The van der Waals surface area contributed by atoms with Crippen molar-refractivity contribution in [1.29, 1.82) is 0 Å². The van der Waals surface area contributed by atoms with Crippen molar-refractivity contribution in [3.8, 4) is 22.8 Å². The maximum absolute atomic E-state index is 12.5. The SMILES string of the molecule is COc1ccc(-n2c(SCC(=O)c3ccc(C)s3)nnc2-c2ccncc2)cc1. The Hall–Kier alpha value is -2.97. The van der Waals surface area contributed by atoms with Crippen molar-refractivity contribution >= 4 is 28.9 Å². The monoisotopic (exact) mass is 422 g/mol. The van der Waals surface area contributed by atoms with E-state index in [1.807, 2.05) is 60.0 Å². The molecular weight excluding hydrogens is 404 g/mol. The number of rotatable bonds is 7. The highest BCUT2D eigenvalue weighted by atomic mass is 32.2. The highest BCUT2D eigenvalue weighted by Gasteiger charge is 2.18. The van der Waals surface area contributed by atoms with Gasteiger partial charge in [-0.1, -0.05) is 11.8 Å². The van der Waals surface area contributed by atoms with Crippen LogP contribution in [0.5, 0.6) is 5.75 Å². The Kier molecular flexibility index (Phi) is 5.73. The van der Waals surface area contributed by atoms with E-state index in [1.165, 1.54) is 23.1 Å². The van der Waals surface area contributed by atoms with E-state index in [9.17, 15) is 4.79 Å². The maximum atomic E-state index is 12.5. The average Bonchev–Trinajstić information content (AvgIpc) is 3.39. The van der Waals surface area contributed by atoms with E-state index < -0.39 is 0 Å². The number of methoxy groups -OCH3 is 1. The van der Waals surface area contributed by atoms with Gasteiger partial charge in [0.2, 0.25) is 0 Å². The van der Waals surface area contributed by atoms with Gasteiger partial charge in [0.05, 0.1) is 17.7 Å². The summed E-state index contributed by atoms with van der Waals surface area (Å²) < 4.78 is 7.21. The van der Waals surface area contributed by atoms with Crippen molar-refractivity contribution < 1.29 is 9.53 Å². The molecule has 0 aliphatic carbocycles. The van der Waals surface area contributed by atoms with E-state index in [4.69, 9.17) is 4.74 Å². The number of ketones is 1. The van der Waals surface area contributed by atoms with Crippen LogP contribution < -0.4 is 4.74 Å². The Labute approximate surface area is 176 Å². The van der Waals surface area contributed by atoms with Gasteiger partial charge in [-0.15, -0.1) is 21.5 Å². The van der Waals surface area contributed by atoms with Gasteiger partial charge in [-0.05, 0) is 55.5 Å². The molecule has 0 saturated heterocycles. The Morgan fingerprint density at radius 1 is 1.07 bits per heavy atom. The number of pyridine rings is 1. The topological polar surface area (TPSA) is 69.9 Å². The molecule has 146 valence electrons. The Bertz CT molecular complexity index is 1120. The van der Waals surface area contributed by atoms with Gasteiger partial charge >= 0.3 is 0 Å². The fourth-order valence-electron chi connectivity index (χ4n) is 2.80. The number of benzene rings is 1. The third-order valence-electron chi connectivity index (χ3n) is 4.25. The molecule has 0 saturated carbocycles.